The lowest BCUT2D eigenvalue weighted by molar-refractivity contribution is -0.131. The van der Waals surface area contributed by atoms with Crippen molar-refractivity contribution in [2.75, 3.05) is 26.2 Å². The van der Waals surface area contributed by atoms with Crippen LogP contribution in [0.5, 0.6) is 5.75 Å². The molecule has 2 aromatic rings. The Kier molecular flexibility index (Phi) is 8.73. The topological polar surface area (TPSA) is 41.6 Å². The minimum atomic E-state index is -0.287. The molecule has 1 atom stereocenters. The number of nitrogens with zero attached hydrogens (tertiary/aromatic N) is 1. The maximum Gasteiger partial charge on any atom is 0.308 e. The lowest BCUT2D eigenvalue weighted by atomic mass is 10.0. The van der Waals surface area contributed by atoms with Crippen LogP contribution in [0.1, 0.15) is 23.4 Å². The molecule has 1 aromatic heterocycles. The highest BCUT2D eigenvalue weighted by atomic mass is 35.5. The number of nitrogens with one attached hydrogen (secondary N) is 1. The molecule has 1 aliphatic rings. The van der Waals surface area contributed by atoms with Gasteiger partial charge in [-0.1, -0.05) is 18.2 Å². The van der Waals surface area contributed by atoms with E-state index in [1.807, 2.05) is 12.1 Å². The van der Waals surface area contributed by atoms with Crippen molar-refractivity contribution in [1.29, 1.82) is 0 Å². The Morgan fingerprint density at radius 3 is 2.38 bits per heavy atom. The quantitative estimate of drug-likeness (QED) is 0.642. The Balaban J connectivity index is 0.00000144. The minimum Gasteiger partial charge on any atom is -0.427 e. The van der Waals surface area contributed by atoms with Crippen LogP contribution in [0, 0.1) is 0 Å². The second-order valence-electron chi connectivity index (χ2n) is 5.37. The summed E-state index contributed by atoms with van der Waals surface area (Å²) in [6.45, 7) is 5.53. The predicted octanol–water partition coefficient (Wildman–Crippen LogP) is 3.51. The van der Waals surface area contributed by atoms with Crippen LogP contribution in [0.3, 0.4) is 0 Å². The molecular weight excluding hydrogens is 367 g/mol. The number of hydrogen-bond donors (Lipinski definition) is 1. The maximum absolute atomic E-state index is 11.0. The average molecular weight is 389 g/mol. The van der Waals surface area contributed by atoms with Gasteiger partial charge in [-0.2, -0.15) is 0 Å². The molecule has 0 radical (unpaired) electrons. The summed E-state index contributed by atoms with van der Waals surface area (Å²) in [6.07, 6.45) is 0. The highest BCUT2D eigenvalue weighted by molar-refractivity contribution is 7.10. The molecule has 0 unspecified atom stereocenters. The largest absolute Gasteiger partial charge is 0.427 e. The van der Waals surface area contributed by atoms with E-state index in [-0.39, 0.29) is 36.8 Å². The first-order valence-corrected chi connectivity index (χ1v) is 8.38. The van der Waals surface area contributed by atoms with Gasteiger partial charge in [0, 0.05) is 38.0 Å². The molecule has 1 aliphatic heterocycles. The Morgan fingerprint density at radius 2 is 1.83 bits per heavy atom. The average Bonchev–Trinajstić information content (AvgIpc) is 3.04. The third-order valence-corrected chi connectivity index (χ3v) is 4.71. The molecule has 2 heterocycles. The Hall–Kier alpha value is -1.11. The first-order chi connectivity index (χ1) is 10.7. The van der Waals surface area contributed by atoms with Crippen molar-refractivity contribution in [2.45, 2.75) is 13.0 Å². The first-order valence-electron chi connectivity index (χ1n) is 7.50. The lowest BCUT2D eigenvalue weighted by Gasteiger charge is -2.34. The van der Waals surface area contributed by atoms with Crippen LogP contribution in [0.15, 0.2) is 41.8 Å². The number of hydrogen-bond acceptors (Lipinski definition) is 5. The van der Waals surface area contributed by atoms with Crippen molar-refractivity contribution in [3.8, 4) is 5.75 Å². The summed E-state index contributed by atoms with van der Waals surface area (Å²) in [5.41, 5.74) is 1.24. The maximum atomic E-state index is 11.0. The molecule has 1 N–H and O–H groups in total. The van der Waals surface area contributed by atoms with E-state index in [0.29, 0.717) is 5.75 Å². The third-order valence-electron chi connectivity index (χ3n) is 3.79. The van der Waals surface area contributed by atoms with E-state index in [4.69, 9.17) is 4.74 Å². The summed E-state index contributed by atoms with van der Waals surface area (Å²) >= 11 is 1.79. The normalized spacial score (nSPS) is 15.7. The highest BCUT2D eigenvalue weighted by Crippen LogP contribution is 2.32. The van der Waals surface area contributed by atoms with Crippen molar-refractivity contribution in [3.63, 3.8) is 0 Å². The van der Waals surface area contributed by atoms with E-state index in [2.05, 4.69) is 39.9 Å². The molecule has 24 heavy (non-hydrogen) atoms. The second-order valence-corrected chi connectivity index (χ2v) is 6.35. The highest BCUT2D eigenvalue weighted by Gasteiger charge is 2.24. The fourth-order valence-corrected chi connectivity index (χ4v) is 3.71. The van der Waals surface area contributed by atoms with Gasteiger partial charge in [-0.05, 0) is 29.1 Å². The van der Waals surface area contributed by atoms with E-state index in [1.165, 1.54) is 17.4 Å². The summed E-state index contributed by atoms with van der Waals surface area (Å²) in [4.78, 5) is 14.9. The Morgan fingerprint density at radius 1 is 1.17 bits per heavy atom. The summed E-state index contributed by atoms with van der Waals surface area (Å²) < 4.78 is 5.13. The smallest absolute Gasteiger partial charge is 0.308 e. The monoisotopic (exact) mass is 388 g/mol. The molecule has 4 nitrogen and oxygen atoms in total. The molecule has 3 rings (SSSR count). The van der Waals surface area contributed by atoms with Gasteiger partial charge in [0.25, 0.3) is 0 Å². The van der Waals surface area contributed by atoms with Crippen molar-refractivity contribution in [2.24, 2.45) is 0 Å². The molecule has 1 fully saturated rings. The molecule has 1 saturated heterocycles. The van der Waals surface area contributed by atoms with Gasteiger partial charge in [0.05, 0.1) is 6.04 Å². The molecule has 0 spiro atoms. The van der Waals surface area contributed by atoms with Crippen molar-refractivity contribution < 1.29 is 9.53 Å². The van der Waals surface area contributed by atoms with Crippen LogP contribution < -0.4 is 10.1 Å². The summed E-state index contributed by atoms with van der Waals surface area (Å²) in [7, 11) is 0. The van der Waals surface area contributed by atoms with E-state index < -0.39 is 0 Å². The number of benzene rings is 1. The Bertz CT molecular complexity index is 614. The summed E-state index contributed by atoms with van der Waals surface area (Å²) in [5.74, 6) is 0.311. The van der Waals surface area contributed by atoms with Crippen LogP contribution >= 0.6 is 36.2 Å². The number of carbonyl (C=O) groups excluding carboxylic acids is 1. The van der Waals surface area contributed by atoms with Gasteiger partial charge in [0.1, 0.15) is 5.75 Å². The second kappa shape index (κ2) is 10.0. The van der Waals surface area contributed by atoms with Crippen molar-refractivity contribution in [3.05, 3.63) is 52.2 Å². The van der Waals surface area contributed by atoms with Crippen LogP contribution in [0.4, 0.5) is 0 Å². The lowest BCUT2D eigenvalue weighted by Crippen LogP contribution is -2.45. The van der Waals surface area contributed by atoms with Crippen LogP contribution in [-0.2, 0) is 4.79 Å². The van der Waals surface area contributed by atoms with Crippen LogP contribution in [0.25, 0.3) is 0 Å². The number of esters is 1. The number of ether oxygens (including phenoxy) is 1. The predicted molar refractivity (Wildman–Crippen MR) is 103 cm³/mol. The summed E-state index contributed by atoms with van der Waals surface area (Å²) in [6, 6.07) is 12.4. The fourth-order valence-electron chi connectivity index (χ4n) is 2.83. The molecular formula is C17H22Cl2N2O2S. The summed E-state index contributed by atoms with van der Waals surface area (Å²) in [5, 5.41) is 5.52. The molecule has 132 valence electrons. The van der Waals surface area contributed by atoms with E-state index in [1.54, 1.807) is 11.3 Å². The van der Waals surface area contributed by atoms with Gasteiger partial charge in [-0.25, -0.2) is 0 Å². The number of piperazine rings is 1. The number of thiophene rings is 1. The standard InChI is InChI=1S/C17H20N2O2S.2ClH/c1-13(20)21-15-6-4-14(5-7-15)17(16-3-2-12-22-16)19-10-8-18-9-11-19;;/h2-7,12,17-18H,8-11H2,1H3;2*1H/t17-;;/m1../s1. The van der Waals surface area contributed by atoms with Gasteiger partial charge in [-0.15, -0.1) is 36.2 Å². The van der Waals surface area contributed by atoms with Gasteiger partial charge < -0.3 is 10.1 Å². The third kappa shape index (κ3) is 5.19. The van der Waals surface area contributed by atoms with Gasteiger partial charge >= 0.3 is 5.97 Å². The number of rotatable bonds is 4. The molecule has 1 aromatic carbocycles. The zero-order valence-electron chi connectivity index (χ0n) is 13.4. The van der Waals surface area contributed by atoms with Crippen LogP contribution in [0.2, 0.25) is 0 Å². The van der Waals surface area contributed by atoms with Gasteiger partial charge in [0.2, 0.25) is 0 Å². The number of halogens is 2. The van der Waals surface area contributed by atoms with Crippen LogP contribution in [-0.4, -0.2) is 37.0 Å². The first kappa shape index (κ1) is 20.9. The molecule has 0 bridgehead atoms. The fraction of sp³-hybridized carbons (Fsp3) is 0.353. The zero-order valence-corrected chi connectivity index (χ0v) is 15.9. The van der Waals surface area contributed by atoms with Crippen molar-refractivity contribution in [1.82, 2.24) is 10.2 Å². The van der Waals surface area contributed by atoms with E-state index >= 15 is 0 Å². The molecule has 0 saturated carbocycles. The van der Waals surface area contributed by atoms with Gasteiger partial charge in [0.15, 0.2) is 0 Å². The number of carbonyl (C=O) groups is 1. The van der Waals surface area contributed by atoms with E-state index in [0.717, 1.165) is 26.2 Å². The van der Waals surface area contributed by atoms with Gasteiger partial charge in [-0.3, -0.25) is 9.69 Å². The Labute approximate surface area is 159 Å². The zero-order chi connectivity index (χ0) is 15.4. The minimum absolute atomic E-state index is 0. The van der Waals surface area contributed by atoms with E-state index in [9.17, 15) is 4.79 Å². The SMILES string of the molecule is CC(=O)Oc1ccc([C@H](c2cccs2)N2CCNCC2)cc1.Cl.Cl. The molecule has 7 heteroatoms. The molecule has 0 amide bonds. The molecule has 0 aliphatic carbocycles. The van der Waals surface area contributed by atoms with Crippen molar-refractivity contribution >= 4 is 42.1 Å².